The molecule has 1 N–H and O–H groups in total. The summed E-state index contributed by atoms with van der Waals surface area (Å²) in [5, 5.41) is 2.42. The predicted octanol–water partition coefficient (Wildman–Crippen LogP) is 3.65. The van der Waals surface area contributed by atoms with Crippen LogP contribution in [-0.2, 0) is 47.7 Å². The average Bonchev–Trinajstić information content (AvgIpc) is 3.11. The molecule has 1 heterocycles. The summed E-state index contributed by atoms with van der Waals surface area (Å²) in [7, 11) is 0. The van der Waals surface area contributed by atoms with Gasteiger partial charge in [-0.15, -0.1) is 0 Å². The second-order valence-corrected chi connectivity index (χ2v) is 10.1. The minimum atomic E-state index is -2.02. The highest BCUT2D eigenvalue weighted by Crippen LogP contribution is 2.33. The lowest BCUT2D eigenvalue weighted by Gasteiger charge is -2.32. The number of hydrogen-bond acceptors (Lipinski definition) is 10. The van der Waals surface area contributed by atoms with E-state index in [0.717, 1.165) is 72.1 Å². The fraction of sp³-hybridized carbons (Fsp3) is 0.724. The summed E-state index contributed by atoms with van der Waals surface area (Å²) in [6, 6.07) is 0. The van der Waals surface area contributed by atoms with Gasteiger partial charge in [0.25, 0.3) is 0 Å². The number of carbonyl (C=O) groups is 6. The van der Waals surface area contributed by atoms with E-state index in [1.165, 1.54) is 6.92 Å². The van der Waals surface area contributed by atoms with Crippen molar-refractivity contribution < 1.29 is 47.7 Å². The fourth-order valence-corrected chi connectivity index (χ4v) is 4.55. The Balaban J connectivity index is 2.84. The third-order valence-corrected chi connectivity index (χ3v) is 6.42. The summed E-state index contributed by atoms with van der Waals surface area (Å²) >= 11 is 0. The minimum absolute atomic E-state index is 0.317. The summed E-state index contributed by atoms with van der Waals surface area (Å²) in [5.41, 5.74) is -2.02. The van der Waals surface area contributed by atoms with Crippen molar-refractivity contribution in [3.63, 3.8) is 0 Å². The zero-order valence-corrected chi connectivity index (χ0v) is 24.5. The smallest absolute Gasteiger partial charge is 0.340 e. The largest absolute Gasteiger partial charge is 0.463 e. The van der Waals surface area contributed by atoms with Crippen molar-refractivity contribution in [3.8, 4) is 0 Å². The summed E-state index contributed by atoms with van der Waals surface area (Å²) < 4.78 is 21.3. The first-order valence-corrected chi connectivity index (χ1v) is 14.1. The number of ketones is 1. The van der Waals surface area contributed by atoms with Gasteiger partial charge >= 0.3 is 23.9 Å². The van der Waals surface area contributed by atoms with E-state index in [9.17, 15) is 28.8 Å². The summed E-state index contributed by atoms with van der Waals surface area (Å²) in [6.45, 7) is 6.06. The van der Waals surface area contributed by atoms with Gasteiger partial charge in [0.2, 0.25) is 11.4 Å². The molecule has 1 fully saturated rings. The molecule has 0 aliphatic carbocycles. The van der Waals surface area contributed by atoms with E-state index in [1.807, 2.05) is 0 Å². The molecule has 1 amide bonds. The van der Waals surface area contributed by atoms with Gasteiger partial charge in [-0.1, -0.05) is 45.1 Å². The quantitative estimate of drug-likeness (QED) is 0.106. The molecule has 40 heavy (non-hydrogen) atoms. The van der Waals surface area contributed by atoms with Crippen molar-refractivity contribution in [3.05, 3.63) is 12.2 Å². The maximum absolute atomic E-state index is 13.0. The molecule has 1 saturated heterocycles. The molecule has 0 spiro atoms. The Morgan fingerprint density at radius 3 is 2.08 bits per heavy atom. The van der Waals surface area contributed by atoms with E-state index in [-0.39, 0.29) is 0 Å². The Bertz CT molecular complexity index is 914. The van der Waals surface area contributed by atoms with Crippen LogP contribution in [0.15, 0.2) is 12.2 Å². The number of esters is 4. The van der Waals surface area contributed by atoms with E-state index in [4.69, 9.17) is 18.9 Å². The molecule has 0 bridgehead atoms. The molecule has 0 radical (unpaired) electrons. The van der Waals surface area contributed by atoms with Gasteiger partial charge in [0.05, 0.1) is 0 Å². The Kier molecular flexibility index (Phi) is 15.8. The lowest BCUT2D eigenvalue weighted by atomic mass is 9.89. The van der Waals surface area contributed by atoms with Crippen LogP contribution in [0.5, 0.6) is 0 Å². The van der Waals surface area contributed by atoms with E-state index >= 15 is 0 Å². The van der Waals surface area contributed by atoms with Crippen molar-refractivity contribution >= 4 is 35.6 Å². The number of carbonyl (C=O) groups excluding carboxylic acids is 6. The predicted molar refractivity (Wildman–Crippen MR) is 145 cm³/mol. The third kappa shape index (κ3) is 12.3. The minimum Gasteiger partial charge on any atom is -0.463 e. The van der Waals surface area contributed by atoms with Crippen LogP contribution in [0, 0.1) is 0 Å². The first-order chi connectivity index (χ1) is 18.9. The topological polar surface area (TPSA) is 151 Å². The number of ether oxygens (including phenoxy) is 4. The van der Waals surface area contributed by atoms with E-state index in [1.54, 1.807) is 12.2 Å². The standard InChI is InChI=1S/C29H45NO10/c1-6-7-8-13-16-24(35)17-14-11-9-10-12-15-18-25(38-22(4)33)26-27(39-23(5)34)29(28(36)40-26,30-20(2)31)19-37-21(3)32/h15,18,25-27H,6-14,16-17,19H2,1-5H3,(H,30,31)/b18-15+/t25-,26+,27-,29-/m0/s1. The normalized spacial score (nSPS) is 21.0. The van der Waals surface area contributed by atoms with Crippen LogP contribution in [0.1, 0.15) is 105 Å². The van der Waals surface area contributed by atoms with Gasteiger partial charge < -0.3 is 24.3 Å². The van der Waals surface area contributed by atoms with Crippen molar-refractivity contribution in [2.45, 2.75) is 129 Å². The van der Waals surface area contributed by atoms with Crippen LogP contribution < -0.4 is 5.32 Å². The second-order valence-electron chi connectivity index (χ2n) is 10.1. The summed E-state index contributed by atoms with van der Waals surface area (Å²) in [4.78, 5) is 72.3. The highest BCUT2D eigenvalue weighted by Gasteiger charge is 2.63. The number of amides is 1. The molecule has 11 nitrogen and oxygen atoms in total. The number of rotatable bonds is 19. The Morgan fingerprint density at radius 2 is 1.52 bits per heavy atom. The molecule has 4 atom stereocenters. The molecule has 1 aliphatic rings. The second kappa shape index (κ2) is 18.2. The van der Waals surface area contributed by atoms with Crippen molar-refractivity contribution in [2.75, 3.05) is 6.61 Å². The number of hydrogen-bond donors (Lipinski definition) is 1. The molecular formula is C29H45NO10. The first-order valence-electron chi connectivity index (χ1n) is 14.1. The zero-order valence-electron chi connectivity index (χ0n) is 24.5. The fourth-order valence-electron chi connectivity index (χ4n) is 4.55. The number of unbranched alkanes of at least 4 members (excludes halogenated alkanes) is 7. The third-order valence-electron chi connectivity index (χ3n) is 6.42. The van der Waals surface area contributed by atoms with E-state index < -0.39 is 60.2 Å². The number of allylic oxidation sites excluding steroid dienone is 1. The number of Topliss-reactive ketones (excluding diaryl/α,β-unsaturated/α-hetero) is 1. The van der Waals surface area contributed by atoms with Crippen molar-refractivity contribution in [1.29, 1.82) is 0 Å². The molecule has 1 aliphatic heterocycles. The molecule has 226 valence electrons. The summed E-state index contributed by atoms with van der Waals surface area (Å²) in [5.74, 6) is -3.50. The molecule has 1 rings (SSSR count). The van der Waals surface area contributed by atoms with Crippen LogP contribution in [-0.4, -0.2) is 66.0 Å². The van der Waals surface area contributed by atoms with E-state index in [0.29, 0.717) is 25.0 Å². The first kappa shape index (κ1) is 34.8. The Morgan fingerprint density at radius 1 is 0.900 bits per heavy atom. The Hall–Kier alpha value is -3.24. The van der Waals surface area contributed by atoms with Crippen LogP contribution >= 0.6 is 0 Å². The van der Waals surface area contributed by atoms with Crippen LogP contribution in [0.2, 0.25) is 0 Å². The molecule has 0 aromatic rings. The van der Waals surface area contributed by atoms with E-state index in [2.05, 4.69) is 12.2 Å². The number of cyclic esters (lactones) is 1. The average molecular weight is 568 g/mol. The van der Waals surface area contributed by atoms with Gasteiger partial charge in [-0.3, -0.25) is 24.0 Å². The highest BCUT2D eigenvalue weighted by atomic mass is 16.6. The molecule has 0 unspecified atom stereocenters. The van der Waals surface area contributed by atoms with Gasteiger partial charge in [0.15, 0.2) is 18.3 Å². The van der Waals surface area contributed by atoms with Crippen LogP contribution in [0.4, 0.5) is 0 Å². The molecular weight excluding hydrogens is 522 g/mol. The van der Waals surface area contributed by atoms with Crippen LogP contribution in [0.25, 0.3) is 0 Å². The highest BCUT2D eigenvalue weighted by molar-refractivity contribution is 5.91. The van der Waals surface area contributed by atoms with Crippen molar-refractivity contribution in [2.24, 2.45) is 0 Å². The van der Waals surface area contributed by atoms with Gasteiger partial charge in [0.1, 0.15) is 12.4 Å². The van der Waals surface area contributed by atoms with Crippen LogP contribution in [0.3, 0.4) is 0 Å². The lowest BCUT2D eigenvalue weighted by molar-refractivity contribution is -0.164. The monoisotopic (exact) mass is 567 g/mol. The maximum Gasteiger partial charge on any atom is 0.340 e. The number of nitrogens with one attached hydrogen (secondary N) is 1. The molecule has 11 heteroatoms. The molecule has 0 saturated carbocycles. The van der Waals surface area contributed by atoms with Gasteiger partial charge in [-0.05, 0) is 31.8 Å². The summed E-state index contributed by atoms with van der Waals surface area (Å²) in [6.07, 6.45) is 9.21. The zero-order chi connectivity index (χ0) is 30.1. The van der Waals surface area contributed by atoms with Crippen molar-refractivity contribution in [1.82, 2.24) is 5.32 Å². The van der Waals surface area contributed by atoms with Gasteiger partial charge in [-0.25, -0.2) is 4.79 Å². The lowest BCUT2D eigenvalue weighted by Crippen LogP contribution is -2.64. The molecule has 0 aromatic heterocycles. The SMILES string of the molecule is CCCCCCC(=O)CCCCCC/C=C/[C@H](OC(C)=O)[C@H]1OC(=O)[C@@](COC(C)=O)(NC(C)=O)[C@H]1OC(C)=O. The molecule has 0 aromatic carbocycles. The van der Waals surface area contributed by atoms with Gasteiger partial charge in [0, 0.05) is 40.5 Å². The Labute approximate surface area is 236 Å². The maximum atomic E-state index is 13.0. The van der Waals surface area contributed by atoms with Gasteiger partial charge in [-0.2, -0.15) is 0 Å².